The fourth-order valence-electron chi connectivity index (χ4n) is 1.94. The van der Waals surface area contributed by atoms with Crippen molar-refractivity contribution in [3.8, 4) is 5.69 Å². The van der Waals surface area contributed by atoms with E-state index in [9.17, 15) is 8.42 Å². The largest absolute Gasteiger partial charge is 0.382 e. The molecule has 0 radical (unpaired) electrons. The number of aromatic nitrogens is 2. The Kier molecular flexibility index (Phi) is 4.29. The first-order valence-corrected chi connectivity index (χ1v) is 8.99. The zero-order chi connectivity index (χ0) is 15.8. The molecular formula is C13H17BrN4O2S. The lowest BCUT2D eigenvalue weighted by molar-refractivity contribution is 0.602. The Morgan fingerprint density at radius 3 is 2.38 bits per heavy atom. The molecule has 0 unspecified atom stereocenters. The minimum absolute atomic E-state index is 0.0646. The zero-order valence-electron chi connectivity index (χ0n) is 12.0. The second-order valence-corrected chi connectivity index (χ2v) is 7.58. The molecule has 0 spiro atoms. The maximum absolute atomic E-state index is 12.0. The summed E-state index contributed by atoms with van der Waals surface area (Å²) in [5, 5.41) is 4.37. The number of hydrogen-bond acceptors (Lipinski definition) is 5. The van der Waals surface area contributed by atoms with Crippen molar-refractivity contribution in [2.45, 2.75) is 11.8 Å². The molecule has 21 heavy (non-hydrogen) atoms. The summed E-state index contributed by atoms with van der Waals surface area (Å²) >= 11 is 3.36. The minimum Gasteiger partial charge on any atom is -0.382 e. The van der Waals surface area contributed by atoms with E-state index in [1.54, 1.807) is 11.9 Å². The van der Waals surface area contributed by atoms with E-state index in [4.69, 9.17) is 5.73 Å². The summed E-state index contributed by atoms with van der Waals surface area (Å²) in [4.78, 5) is 1.82. The van der Waals surface area contributed by atoms with Crippen molar-refractivity contribution in [2.24, 2.45) is 0 Å². The second-order valence-electron chi connectivity index (χ2n) is 4.71. The molecule has 114 valence electrons. The van der Waals surface area contributed by atoms with Crippen molar-refractivity contribution < 1.29 is 8.42 Å². The van der Waals surface area contributed by atoms with Crippen molar-refractivity contribution in [1.29, 1.82) is 0 Å². The predicted octanol–water partition coefficient (Wildman–Crippen LogP) is 2.08. The molecule has 0 amide bonds. The number of rotatable bonds is 4. The highest BCUT2D eigenvalue weighted by molar-refractivity contribution is 9.10. The standard InChI is InChI=1S/C13H17BrN4O2S/c1-4-17(2)13-11(21(3,19)20)12(15)18(16-13)10-7-5-9(14)6-8-10/h5-8H,4,15H2,1-3H3. The molecule has 0 saturated heterocycles. The predicted molar refractivity (Wildman–Crippen MR) is 87.7 cm³/mol. The Balaban J connectivity index is 2.70. The molecule has 0 aliphatic rings. The van der Waals surface area contributed by atoms with E-state index in [2.05, 4.69) is 21.0 Å². The number of anilines is 2. The van der Waals surface area contributed by atoms with Gasteiger partial charge in [-0.05, 0) is 31.2 Å². The maximum Gasteiger partial charge on any atom is 0.182 e. The SMILES string of the molecule is CCN(C)c1nn(-c2ccc(Br)cc2)c(N)c1S(C)(=O)=O. The van der Waals surface area contributed by atoms with E-state index < -0.39 is 9.84 Å². The molecule has 1 aromatic carbocycles. The average Bonchev–Trinajstić information content (AvgIpc) is 2.76. The summed E-state index contributed by atoms with van der Waals surface area (Å²) in [6.45, 7) is 2.54. The van der Waals surface area contributed by atoms with E-state index in [1.807, 2.05) is 31.2 Å². The summed E-state index contributed by atoms with van der Waals surface area (Å²) < 4.78 is 26.4. The maximum atomic E-state index is 12.0. The Morgan fingerprint density at radius 2 is 1.90 bits per heavy atom. The van der Waals surface area contributed by atoms with Crippen LogP contribution in [0.1, 0.15) is 6.92 Å². The van der Waals surface area contributed by atoms with Gasteiger partial charge in [0.05, 0.1) is 5.69 Å². The number of hydrogen-bond donors (Lipinski definition) is 1. The topological polar surface area (TPSA) is 81.2 Å². The molecule has 2 N–H and O–H groups in total. The zero-order valence-corrected chi connectivity index (χ0v) is 14.4. The van der Waals surface area contributed by atoms with Gasteiger partial charge >= 0.3 is 0 Å². The number of nitrogen functional groups attached to an aromatic ring is 1. The van der Waals surface area contributed by atoms with Crippen LogP contribution in [-0.4, -0.2) is 38.0 Å². The first-order chi connectivity index (χ1) is 9.75. The Morgan fingerprint density at radius 1 is 1.33 bits per heavy atom. The van der Waals surface area contributed by atoms with Crippen LogP contribution >= 0.6 is 15.9 Å². The van der Waals surface area contributed by atoms with E-state index >= 15 is 0 Å². The van der Waals surface area contributed by atoms with Gasteiger partial charge in [-0.2, -0.15) is 0 Å². The third-order valence-electron chi connectivity index (χ3n) is 3.14. The van der Waals surface area contributed by atoms with E-state index in [0.717, 1.165) is 10.7 Å². The highest BCUT2D eigenvalue weighted by Gasteiger charge is 2.26. The van der Waals surface area contributed by atoms with Crippen LogP contribution in [0.4, 0.5) is 11.6 Å². The lowest BCUT2D eigenvalue weighted by atomic mass is 10.3. The van der Waals surface area contributed by atoms with Crippen LogP contribution < -0.4 is 10.6 Å². The second kappa shape index (κ2) is 5.69. The molecular weight excluding hydrogens is 356 g/mol. The van der Waals surface area contributed by atoms with Crippen LogP contribution in [0, 0.1) is 0 Å². The molecule has 6 nitrogen and oxygen atoms in total. The van der Waals surface area contributed by atoms with Crippen LogP contribution in [0.15, 0.2) is 33.6 Å². The summed E-state index contributed by atoms with van der Waals surface area (Å²) in [6.07, 6.45) is 1.14. The van der Waals surface area contributed by atoms with Gasteiger partial charge in [0.25, 0.3) is 0 Å². The number of benzene rings is 1. The summed E-state index contributed by atoms with van der Waals surface area (Å²) in [5.74, 6) is 0.482. The quantitative estimate of drug-likeness (QED) is 0.888. The number of halogens is 1. The third kappa shape index (κ3) is 3.06. The fraction of sp³-hybridized carbons (Fsp3) is 0.308. The van der Waals surface area contributed by atoms with Gasteiger partial charge in [-0.1, -0.05) is 15.9 Å². The van der Waals surface area contributed by atoms with Crippen molar-refractivity contribution in [1.82, 2.24) is 9.78 Å². The van der Waals surface area contributed by atoms with Gasteiger partial charge in [0.1, 0.15) is 5.82 Å². The van der Waals surface area contributed by atoms with Crippen molar-refractivity contribution in [3.05, 3.63) is 28.7 Å². The molecule has 1 aromatic heterocycles. The monoisotopic (exact) mass is 372 g/mol. The number of nitrogens with two attached hydrogens (primary N) is 1. The molecule has 8 heteroatoms. The van der Waals surface area contributed by atoms with Crippen LogP contribution in [0.25, 0.3) is 5.69 Å². The van der Waals surface area contributed by atoms with Gasteiger partial charge in [0, 0.05) is 24.3 Å². The molecule has 0 fully saturated rings. The molecule has 0 aliphatic carbocycles. The number of nitrogens with zero attached hydrogens (tertiary/aromatic N) is 3. The van der Waals surface area contributed by atoms with E-state index in [-0.39, 0.29) is 10.7 Å². The Labute approximate surface area is 132 Å². The minimum atomic E-state index is -3.47. The van der Waals surface area contributed by atoms with E-state index in [1.165, 1.54) is 4.68 Å². The lowest BCUT2D eigenvalue weighted by Gasteiger charge is -2.14. The van der Waals surface area contributed by atoms with Crippen molar-refractivity contribution >= 4 is 37.4 Å². The average molecular weight is 373 g/mol. The highest BCUT2D eigenvalue weighted by atomic mass is 79.9. The summed E-state index contributed by atoms with van der Waals surface area (Å²) in [7, 11) is -1.69. The van der Waals surface area contributed by atoms with Gasteiger partial charge in [0.15, 0.2) is 20.6 Å². The highest BCUT2D eigenvalue weighted by Crippen LogP contribution is 2.31. The van der Waals surface area contributed by atoms with Crippen molar-refractivity contribution in [3.63, 3.8) is 0 Å². The van der Waals surface area contributed by atoms with Crippen LogP contribution in [0.2, 0.25) is 0 Å². The first kappa shape index (κ1) is 15.8. The molecule has 1 heterocycles. The van der Waals surface area contributed by atoms with Gasteiger partial charge in [-0.3, -0.25) is 0 Å². The molecule has 2 aromatic rings. The van der Waals surface area contributed by atoms with E-state index in [0.29, 0.717) is 18.1 Å². The molecule has 2 rings (SSSR count). The molecule has 0 saturated carbocycles. The Hall–Kier alpha value is -1.54. The summed E-state index contributed by atoms with van der Waals surface area (Å²) in [5.41, 5.74) is 6.74. The van der Waals surface area contributed by atoms with Crippen molar-refractivity contribution in [2.75, 3.05) is 30.5 Å². The van der Waals surface area contributed by atoms with Gasteiger partial charge in [-0.25, -0.2) is 13.1 Å². The van der Waals surface area contributed by atoms with Gasteiger partial charge in [-0.15, -0.1) is 5.10 Å². The number of sulfone groups is 1. The van der Waals surface area contributed by atoms with Crippen LogP contribution in [-0.2, 0) is 9.84 Å². The van der Waals surface area contributed by atoms with Crippen LogP contribution in [0.3, 0.4) is 0 Å². The first-order valence-electron chi connectivity index (χ1n) is 6.31. The normalized spacial score (nSPS) is 11.6. The third-order valence-corrected chi connectivity index (χ3v) is 4.80. The molecule has 0 bridgehead atoms. The summed E-state index contributed by atoms with van der Waals surface area (Å²) in [6, 6.07) is 7.32. The lowest BCUT2D eigenvalue weighted by Crippen LogP contribution is -2.19. The molecule has 0 aliphatic heterocycles. The smallest absolute Gasteiger partial charge is 0.182 e. The fourth-order valence-corrected chi connectivity index (χ4v) is 3.20. The van der Waals surface area contributed by atoms with Gasteiger partial charge < -0.3 is 10.6 Å². The van der Waals surface area contributed by atoms with Crippen LogP contribution in [0.5, 0.6) is 0 Å². The molecule has 0 atom stereocenters. The van der Waals surface area contributed by atoms with Gasteiger partial charge in [0.2, 0.25) is 0 Å². The Bertz CT molecular complexity index is 753.